The van der Waals surface area contributed by atoms with Crippen molar-refractivity contribution < 1.29 is 23.8 Å². The molecule has 0 spiro atoms. The maximum Gasteiger partial charge on any atom is 0.351 e. The predicted octanol–water partition coefficient (Wildman–Crippen LogP) is 5.45. The molecule has 2 aliphatic rings. The number of halogens is 1. The monoisotopic (exact) mass is 511 g/mol. The van der Waals surface area contributed by atoms with Crippen molar-refractivity contribution in [2.75, 3.05) is 41.6 Å². The van der Waals surface area contributed by atoms with Gasteiger partial charge in [0.2, 0.25) is 11.5 Å². The molecular weight excluding hydrogens is 482 g/mol. The van der Waals surface area contributed by atoms with Crippen LogP contribution in [0.2, 0.25) is 5.02 Å². The van der Waals surface area contributed by atoms with Gasteiger partial charge in [-0.05, 0) is 18.6 Å². The summed E-state index contributed by atoms with van der Waals surface area (Å²) >= 11 is 9.50. The van der Waals surface area contributed by atoms with E-state index in [-0.39, 0.29) is 17.6 Å². The highest BCUT2D eigenvalue weighted by molar-refractivity contribution is 8.01. The first kappa shape index (κ1) is 25.8. The Morgan fingerprint density at radius 3 is 2.58 bits per heavy atom. The third-order valence-corrected chi connectivity index (χ3v) is 7.88. The maximum atomic E-state index is 13.3. The Balaban J connectivity index is 1.88. The fraction of sp³-hybridized carbons (Fsp3) is 0.500. The largest absolute Gasteiger partial charge is 0.465 e. The number of unbranched alkanes of at least 4 members (excludes halogenated alkanes) is 3. The van der Waals surface area contributed by atoms with Gasteiger partial charge in [-0.25, -0.2) is 9.59 Å². The number of benzene rings is 1. The summed E-state index contributed by atoms with van der Waals surface area (Å²) in [6, 6.07) is 5.27. The van der Waals surface area contributed by atoms with E-state index < -0.39 is 11.9 Å². The molecule has 0 N–H and O–H groups in total. The van der Waals surface area contributed by atoms with Gasteiger partial charge >= 0.3 is 11.9 Å². The Labute approximate surface area is 209 Å². The lowest BCUT2D eigenvalue weighted by Gasteiger charge is -2.23. The topological polar surface area (TPSA) is 65.1 Å². The van der Waals surface area contributed by atoms with Crippen LogP contribution in [-0.4, -0.2) is 54.7 Å². The van der Waals surface area contributed by atoms with E-state index in [0.29, 0.717) is 28.8 Å². The summed E-state index contributed by atoms with van der Waals surface area (Å²) in [6.45, 7) is 6.78. The van der Waals surface area contributed by atoms with E-state index in [4.69, 9.17) is 25.8 Å². The standard InChI is InChI=1S/C24H30ClNO5S2/c1-4-5-6-7-10-26-19-9-8-17(25)11-20(19)31-22(26)21(23(27)29-3)24(28)30-18-14-32-12-16(2)13-33-15-18/h8-9,11,18H,2,4-7,10,12-15H2,1,3H3. The molecule has 9 heteroatoms. The molecule has 0 bridgehead atoms. The third-order valence-electron chi connectivity index (χ3n) is 5.20. The molecule has 0 aromatic heterocycles. The van der Waals surface area contributed by atoms with Gasteiger partial charge in [0.25, 0.3) is 0 Å². The van der Waals surface area contributed by atoms with Crippen LogP contribution in [0.3, 0.4) is 0 Å². The Morgan fingerprint density at radius 2 is 1.91 bits per heavy atom. The number of methoxy groups -OCH3 is 1. The minimum Gasteiger partial charge on any atom is -0.465 e. The van der Waals surface area contributed by atoms with Crippen LogP contribution in [0.15, 0.2) is 41.8 Å². The van der Waals surface area contributed by atoms with Crippen molar-refractivity contribution in [2.24, 2.45) is 0 Å². The van der Waals surface area contributed by atoms with Crippen LogP contribution < -0.4 is 9.64 Å². The van der Waals surface area contributed by atoms with Gasteiger partial charge in [0.15, 0.2) is 5.75 Å². The summed E-state index contributed by atoms with van der Waals surface area (Å²) in [5, 5.41) is 0.508. The molecule has 33 heavy (non-hydrogen) atoms. The molecule has 0 aliphatic carbocycles. The zero-order chi connectivity index (χ0) is 23.8. The number of anilines is 1. The molecule has 3 rings (SSSR count). The molecular formula is C24H30ClNO5S2. The summed E-state index contributed by atoms with van der Waals surface area (Å²) in [6.07, 6.45) is 3.80. The Hall–Kier alpha value is -1.77. The summed E-state index contributed by atoms with van der Waals surface area (Å²) < 4.78 is 16.7. The first-order chi connectivity index (χ1) is 15.9. The van der Waals surface area contributed by atoms with Crippen molar-refractivity contribution in [2.45, 2.75) is 38.7 Å². The summed E-state index contributed by atoms with van der Waals surface area (Å²) in [5.74, 6) is 2.05. The summed E-state index contributed by atoms with van der Waals surface area (Å²) in [4.78, 5) is 27.9. The molecule has 1 saturated heterocycles. The van der Waals surface area contributed by atoms with Crippen molar-refractivity contribution >= 4 is 52.8 Å². The van der Waals surface area contributed by atoms with Gasteiger partial charge in [-0.2, -0.15) is 23.5 Å². The van der Waals surface area contributed by atoms with Gasteiger partial charge in [-0.3, -0.25) is 0 Å². The second-order valence-corrected chi connectivity index (χ2v) is 10.4. The Bertz CT molecular complexity index is 908. The van der Waals surface area contributed by atoms with Gasteiger partial charge in [0, 0.05) is 40.6 Å². The van der Waals surface area contributed by atoms with Crippen LogP contribution in [0.4, 0.5) is 5.69 Å². The molecule has 0 saturated carbocycles. The van der Waals surface area contributed by atoms with E-state index in [0.717, 1.165) is 42.9 Å². The van der Waals surface area contributed by atoms with E-state index in [2.05, 4.69) is 13.5 Å². The first-order valence-electron chi connectivity index (χ1n) is 11.0. The lowest BCUT2D eigenvalue weighted by molar-refractivity contribution is -0.148. The fourth-order valence-electron chi connectivity index (χ4n) is 3.56. The molecule has 0 radical (unpaired) electrons. The van der Waals surface area contributed by atoms with Gasteiger partial charge < -0.3 is 19.1 Å². The molecule has 0 unspecified atom stereocenters. The molecule has 2 heterocycles. The average molecular weight is 512 g/mol. The van der Waals surface area contributed by atoms with Crippen molar-refractivity contribution in [3.63, 3.8) is 0 Å². The van der Waals surface area contributed by atoms with Crippen molar-refractivity contribution in [1.29, 1.82) is 0 Å². The number of esters is 2. The third kappa shape index (κ3) is 6.87. The number of nitrogens with zero attached hydrogens (tertiary/aromatic N) is 1. The number of fused-ring (bicyclic) bond motifs is 1. The highest BCUT2D eigenvalue weighted by Crippen LogP contribution is 2.42. The van der Waals surface area contributed by atoms with Crippen molar-refractivity contribution in [3.05, 3.63) is 46.8 Å². The summed E-state index contributed by atoms with van der Waals surface area (Å²) in [7, 11) is 1.24. The number of thioether (sulfide) groups is 2. The molecule has 180 valence electrons. The molecule has 1 aromatic rings. The number of ether oxygens (including phenoxy) is 3. The Morgan fingerprint density at radius 1 is 1.18 bits per heavy atom. The quantitative estimate of drug-likeness (QED) is 0.114. The normalized spacial score (nSPS) is 18.2. The lowest BCUT2D eigenvalue weighted by atomic mass is 10.2. The second-order valence-electron chi connectivity index (χ2n) is 7.91. The van der Waals surface area contributed by atoms with E-state index >= 15 is 0 Å². The highest BCUT2D eigenvalue weighted by atomic mass is 35.5. The molecule has 1 aromatic carbocycles. The van der Waals surface area contributed by atoms with Crippen LogP contribution in [0.5, 0.6) is 5.75 Å². The van der Waals surface area contributed by atoms with Crippen LogP contribution in [0.1, 0.15) is 32.6 Å². The fourth-order valence-corrected chi connectivity index (χ4v) is 5.92. The number of carbonyl (C=O) groups is 2. The first-order valence-corrected chi connectivity index (χ1v) is 13.7. The minimum atomic E-state index is -0.785. The lowest BCUT2D eigenvalue weighted by Crippen LogP contribution is -2.32. The van der Waals surface area contributed by atoms with E-state index in [1.807, 2.05) is 11.0 Å². The van der Waals surface area contributed by atoms with Gasteiger partial charge in [0.1, 0.15) is 6.10 Å². The van der Waals surface area contributed by atoms with Gasteiger partial charge in [0.05, 0.1) is 12.8 Å². The number of carbonyl (C=O) groups excluding carboxylic acids is 2. The molecule has 0 atom stereocenters. The molecule has 6 nitrogen and oxygen atoms in total. The molecule has 1 fully saturated rings. The van der Waals surface area contributed by atoms with Crippen LogP contribution in [0.25, 0.3) is 0 Å². The van der Waals surface area contributed by atoms with Crippen molar-refractivity contribution in [1.82, 2.24) is 0 Å². The van der Waals surface area contributed by atoms with E-state index in [1.54, 1.807) is 35.7 Å². The smallest absolute Gasteiger partial charge is 0.351 e. The summed E-state index contributed by atoms with van der Waals surface area (Å²) in [5.41, 5.74) is 1.69. The highest BCUT2D eigenvalue weighted by Gasteiger charge is 2.37. The molecule has 0 amide bonds. The SMILES string of the molecule is C=C1CSCC(OC(=O)C(C(=O)OC)=C2Oc3cc(Cl)ccc3N2CCCCCC)CSC1. The van der Waals surface area contributed by atoms with Gasteiger partial charge in [-0.15, -0.1) is 0 Å². The van der Waals surface area contributed by atoms with Crippen LogP contribution >= 0.6 is 35.1 Å². The van der Waals surface area contributed by atoms with Crippen LogP contribution in [-0.2, 0) is 19.1 Å². The number of hydrogen-bond acceptors (Lipinski definition) is 8. The van der Waals surface area contributed by atoms with E-state index in [1.165, 1.54) is 12.7 Å². The van der Waals surface area contributed by atoms with Gasteiger partial charge in [-0.1, -0.05) is 49.9 Å². The predicted molar refractivity (Wildman–Crippen MR) is 136 cm³/mol. The zero-order valence-corrected chi connectivity index (χ0v) is 21.5. The van der Waals surface area contributed by atoms with Crippen LogP contribution in [0, 0.1) is 0 Å². The number of hydrogen-bond donors (Lipinski definition) is 0. The minimum absolute atomic E-state index is 0.139. The van der Waals surface area contributed by atoms with Crippen molar-refractivity contribution in [3.8, 4) is 5.75 Å². The average Bonchev–Trinajstić information content (AvgIpc) is 3.11. The zero-order valence-electron chi connectivity index (χ0n) is 19.1. The number of rotatable bonds is 8. The molecule has 2 aliphatic heterocycles. The Kier molecular flexibility index (Phi) is 9.89. The second kappa shape index (κ2) is 12.6. The van der Waals surface area contributed by atoms with E-state index in [9.17, 15) is 9.59 Å². The maximum absolute atomic E-state index is 13.3.